The number of alkyl halides is 3. The van der Waals surface area contributed by atoms with Crippen LogP contribution in [0.2, 0.25) is 0 Å². The minimum atomic E-state index is -4.78. The van der Waals surface area contributed by atoms with Gasteiger partial charge in [-0.1, -0.05) is 24.6 Å². The summed E-state index contributed by atoms with van der Waals surface area (Å²) in [6.45, 7) is 4.36. The van der Waals surface area contributed by atoms with E-state index in [1.54, 1.807) is 29.6 Å². The maximum atomic E-state index is 13.2. The number of piperidine rings is 1. The SMILES string of the molecule is CC(O)(c1ccc(N2CCN(S(=O)(=O)c3cccs3)C[C@@H]2CN2CCCCC2)cc1)C(F)(F)F. The van der Waals surface area contributed by atoms with Crippen LogP contribution in [0.1, 0.15) is 31.7 Å². The highest BCUT2D eigenvalue weighted by Gasteiger charge is 2.51. The zero-order chi connectivity index (χ0) is 24.6. The molecule has 6 nitrogen and oxygen atoms in total. The number of hydrogen-bond acceptors (Lipinski definition) is 6. The van der Waals surface area contributed by atoms with Crippen LogP contribution in [0.5, 0.6) is 0 Å². The second-order valence-corrected chi connectivity index (χ2v) is 12.2. The Morgan fingerprint density at radius 1 is 1.03 bits per heavy atom. The quantitative estimate of drug-likeness (QED) is 0.630. The third kappa shape index (κ3) is 5.13. The van der Waals surface area contributed by atoms with Crippen molar-refractivity contribution in [3.8, 4) is 0 Å². The van der Waals surface area contributed by atoms with Crippen LogP contribution in [-0.4, -0.2) is 74.2 Å². The van der Waals surface area contributed by atoms with E-state index in [0.717, 1.165) is 38.5 Å². The molecular weight excluding hydrogens is 487 g/mol. The Hall–Kier alpha value is -1.66. The van der Waals surface area contributed by atoms with Gasteiger partial charge in [-0.05, 0) is 62.0 Å². The van der Waals surface area contributed by atoms with Gasteiger partial charge >= 0.3 is 6.18 Å². The van der Waals surface area contributed by atoms with Crippen molar-refractivity contribution >= 4 is 27.0 Å². The molecule has 1 aromatic heterocycles. The molecule has 0 amide bonds. The molecule has 0 aliphatic carbocycles. The Bertz CT molecular complexity index is 1050. The van der Waals surface area contributed by atoms with Crippen molar-refractivity contribution in [2.24, 2.45) is 0 Å². The molecule has 188 valence electrons. The van der Waals surface area contributed by atoms with Crippen molar-refractivity contribution in [1.82, 2.24) is 9.21 Å². The number of anilines is 1. The highest BCUT2D eigenvalue weighted by atomic mass is 32.2. The van der Waals surface area contributed by atoms with Gasteiger partial charge in [0.15, 0.2) is 5.60 Å². The third-order valence-electron chi connectivity index (χ3n) is 6.77. The lowest BCUT2D eigenvalue weighted by atomic mass is 9.95. The Morgan fingerprint density at radius 2 is 1.71 bits per heavy atom. The molecule has 11 heteroatoms. The molecule has 2 aromatic rings. The van der Waals surface area contributed by atoms with Gasteiger partial charge in [0, 0.05) is 31.9 Å². The molecule has 0 spiro atoms. The highest BCUT2D eigenvalue weighted by molar-refractivity contribution is 7.91. The summed E-state index contributed by atoms with van der Waals surface area (Å²) < 4.78 is 67.9. The fraction of sp³-hybridized carbons (Fsp3) is 0.565. The molecule has 0 radical (unpaired) electrons. The molecule has 1 aromatic carbocycles. The maximum Gasteiger partial charge on any atom is 0.421 e. The summed E-state index contributed by atoms with van der Waals surface area (Å²) >= 11 is 1.19. The summed E-state index contributed by atoms with van der Waals surface area (Å²) in [6.07, 6.45) is -1.40. The van der Waals surface area contributed by atoms with Crippen molar-refractivity contribution in [1.29, 1.82) is 0 Å². The van der Waals surface area contributed by atoms with Crippen LogP contribution in [0.25, 0.3) is 0 Å². The van der Waals surface area contributed by atoms with Crippen LogP contribution in [0.3, 0.4) is 0 Å². The van der Waals surface area contributed by atoms with E-state index >= 15 is 0 Å². The molecule has 2 saturated heterocycles. The lowest BCUT2D eigenvalue weighted by Gasteiger charge is -2.44. The number of halogens is 3. The molecule has 0 bridgehead atoms. The minimum absolute atomic E-state index is 0.143. The van der Waals surface area contributed by atoms with E-state index in [-0.39, 0.29) is 11.6 Å². The first-order valence-electron chi connectivity index (χ1n) is 11.4. The van der Waals surface area contributed by atoms with Gasteiger partial charge in [0.1, 0.15) is 4.21 Å². The van der Waals surface area contributed by atoms with E-state index < -0.39 is 21.8 Å². The number of likely N-dealkylation sites (tertiary alicyclic amines) is 1. The topological polar surface area (TPSA) is 64.1 Å². The summed E-state index contributed by atoms with van der Waals surface area (Å²) in [6, 6.07) is 8.96. The van der Waals surface area contributed by atoms with Crippen LogP contribution in [0, 0.1) is 0 Å². The zero-order valence-corrected chi connectivity index (χ0v) is 20.7. The average Bonchev–Trinajstić information content (AvgIpc) is 3.35. The van der Waals surface area contributed by atoms with Gasteiger partial charge < -0.3 is 14.9 Å². The number of aliphatic hydroxyl groups is 1. The first-order valence-corrected chi connectivity index (χ1v) is 13.7. The highest BCUT2D eigenvalue weighted by Crippen LogP contribution is 2.39. The summed E-state index contributed by atoms with van der Waals surface area (Å²) in [5.74, 6) is 0. The van der Waals surface area contributed by atoms with Crippen molar-refractivity contribution in [2.75, 3.05) is 44.2 Å². The first kappa shape index (κ1) is 25.4. The number of rotatable bonds is 6. The average molecular weight is 518 g/mol. The molecule has 4 rings (SSSR count). The van der Waals surface area contributed by atoms with Gasteiger partial charge in [0.25, 0.3) is 10.0 Å². The van der Waals surface area contributed by atoms with E-state index in [0.29, 0.717) is 30.4 Å². The Labute approximate surface area is 202 Å². The zero-order valence-electron chi connectivity index (χ0n) is 19.0. The molecule has 3 heterocycles. The smallest absolute Gasteiger partial charge is 0.376 e. The lowest BCUT2D eigenvalue weighted by molar-refractivity contribution is -0.258. The number of nitrogens with zero attached hydrogens (tertiary/aromatic N) is 3. The van der Waals surface area contributed by atoms with Crippen molar-refractivity contribution in [3.63, 3.8) is 0 Å². The third-order valence-corrected chi connectivity index (χ3v) is 10.0. The summed E-state index contributed by atoms with van der Waals surface area (Å²) in [7, 11) is -3.59. The standard InChI is InChI=1S/C23H30F3N3O3S2/c1-22(30,23(24,25)26)18-7-9-19(10-8-18)29-14-13-28(34(31,32)21-6-5-15-33-21)17-20(29)16-27-11-3-2-4-12-27/h5-10,15,20,30H,2-4,11-14,16-17H2,1H3/t20-,22?/m0/s1. The Morgan fingerprint density at radius 3 is 2.29 bits per heavy atom. The van der Waals surface area contributed by atoms with Crippen LogP contribution < -0.4 is 4.90 Å². The van der Waals surface area contributed by atoms with Gasteiger partial charge in [-0.2, -0.15) is 17.5 Å². The number of piperazine rings is 1. The normalized spacial score (nSPS) is 23.1. The van der Waals surface area contributed by atoms with Crippen molar-refractivity contribution in [3.05, 3.63) is 47.3 Å². The Kier molecular flexibility index (Phi) is 7.31. The maximum absolute atomic E-state index is 13.2. The van der Waals surface area contributed by atoms with Crippen LogP contribution in [0.15, 0.2) is 46.0 Å². The van der Waals surface area contributed by atoms with Gasteiger partial charge in [0.05, 0.1) is 6.04 Å². The van der Waals surface area contributed by atoms with E-state index in [2.05, 4.69) is 9.80 Å². The fourth-order valence-corrected chi connectivity index (χ4v) is 7.27. The van der Waals surface area contributed by atoms with Crippen molar-refractivity contribution < 1.29 is 26.7 Å². The predicted molar refractivity (Wildman–Crippen MR) is 127 cm³/mol. The summed E-state index contributed by atoms with van der Waals surface area (Å²) in [5.41, 5.74) is -2.45. The van der Waals surface area contributed by atoms with E-state index in [4.69, 9.17) is 0 Å². The molecule has 1 unspecified atom stereocenters. The predicted octanol–water partition coefficient (Wildman–Crippen LogP) is 3.88. The van der Waals surface area contributed by atoms with Crippen LogP contribution in [-0.2, 0) is 15.6 Å². The monoisotopic (exact) mass is 517 g/mol. The molecule has 2 fully saturated rings. The van der Waals surface area contributed by atoms with E-state index in [1.165, 1.54) is 34.2 Å². The number of sulfonamides is 1. The molecule has 2 atom stereocenters. The van der Waals surface area contributed by atoms with Gasteiger partial charge in [-0.25, -0.2) is 8.42 Å². The summed E-state index contributed by atoms with van der Waals surface area (Å²) in [4.78, 5) is 4.42. The molecule has 2 aliphatic rings. The van der Waals surface area contributed by atoms with Crippen LogP contribution >= 0.6 is 11.3 Å². The number of hydrogen-bond donors (Lipinski definition) is 1. The molecule has 34 heavy (non-hydrogen) atoms. The second-order valence-electron chi connectivity index (χ2n) is 9.12. The van der Waals surface area contributed by atoms with Crippen molar-refractivity contribution in [2.45, 2.75) is 48.2 Å². The lowest BCUT2D eigenvalue weighted by Crippen LogP contribution is -2.58. The number of benzene rings is 1. The second kappa shape index (κ2) is 9.77. The van der Waals surface area contributed by atoms with E-state index in [9.17, 15) is 26.7 Å². The molecular formula is C23H30F3N3O3S2. The van der Waals surface area contributed by atoms with Gasteiger partial charge in [-0.3, -0.25) is 0 Å². The summed E-state index contributed by atoms with van der Waals surface area (Å²) in [5, 5.41) is 11.7. The van der Waals surface area contributed by atoms with E-state index in [1.807, 2.05) is 0 Å². The molecule has 1 N–H and O–H groups in total. The van der Waals surface area contributed by atoms with Crippen LogP contribution in [0.4, 0.5) is 18.9 Å². The molecule has 0 saturated carbocycles. The number of thiophene rings is 1. The first-order chi connectivity index (χ1) is 16.0. The fourth-order valence-electron chi connectivity index (χ4n) is 4.66. The van der Waals surface area contributed by atoms with Gasteiger partial charge in [0.2, 0.25) is 0 Å². The van der Waals surface area contributed by atoms with Gasteiger partial charge in [-0.15, -0.1) is 11.3 Å². The molecule has 2 aliphatic heterocycles. The Balaban J connectivity index is 1.58. The largest absolute Gasteiger partial charge is 0.421 e. The minimum Gasteiger partial charge on any atom is -0.376 e.